The topological polar surface area (TPSA) is 106 Å². The summed E-state index contributed by atoms with van der Waals surface area (Å²) in [4.78, 5) is 11.3. The van der Waals surface area contributed by atoms with E-state index in [4.69, 9.17) is 11.5 Å². The van der Waals surface area contributed by atoms with Gasteiger partial charge in [-0.05, 0) is 43.0 Å². The van der Waals surface area contributed by atoms with Crippen molar-refractivity contribution < 1.29 is 13.2 Å². The number of nitrogens with two attached hydrogens (primary N) is 2. The summed E-state index contributed by atoms with van der Waals surface area (Å²) in [5.41, 5.74) is 12.7. The summed E-state index contributed by atoms with van der Waals surface area (Å²) in [5.74, 6) is -0.612. The molecule has 6 nitrogen and oxygen atoms in total. The van der Waals surface area contributed by atoms with Crippen molar-refractivity contribution in [1.29, 1.82) is 0 Å². The molecule has 21 heavy (non-hydrogen) atoms. The van der Waals surface area contributed by atoms with Crippen molar-refractivity contribution >= 4 is 21.6 Å². The number of sulfonamides is 1. The number of benzene rings is 1. The van der Waals surface area contributed by atoms with Crippen molar-refractivity contribution in [3.63, 3.8) is 0 Å². The van der Waals surface area contributed by atoms with Gasteiger partial charge < -0.3 is 11.5 Å². The van der Waals surface area contributed by atoms with Gasteiger partial charge in [0.1, 0.15) is 0 Å². The van der Waals surface area contributed by atoms with E-state index in [9.17, 15) is 13.2 Å². The maximum absolute atomic E-state index is 12.8. The Morgan fingerprint density at radius 3 is 2.33 bits per heavy atom. The zero-order valence-corrected chi connectivity index (χ0v) is 13.7. The Morgan fingerprint density at radius 1 is 1.29 bits per heavy atom. The van der Waals surface area contributed by atoms with Gasteiger partial charge in [-0.2, -0.15) is 4.31 Å². The fourth-order valence-electron chi connectivity index (χ4n) is 2.09. The number of hydrogen-bond acceptors (Lipinski definition) is 4. The van der Waals surface area contributed by atoms with Crippen molar-refractivity contribution in [1.82, 2.24) is 4.31 Å². The summed E-state index contributed by atoms with van der Waals surface area (Å²) in [5, 5.41) is 0. The number of hydrogen-bond donors (Lipinski definition) is 2. The minimum atomic E-state index is -3.81. The Balaban J connectivity index is 3.38. The average Bonchev–Trinajstić information content (AvgIpc) is 2.31. The van der Waals surface area contributed by atoms with Crippen molar-refractivity contribution in [3.8, 4) is 0 Å². The van der Waals surface area contributed by atoms with Crippen LogP contribution in [-0.4, -0.2) is 31.7 Å². The standard InChI is InChI=1S/C14H23N3O3S/c1-9(2)7-17(8-14(16)18)21(19,20)13-6-12(15)5-10(3)11(13)4/h5-6,9H,7-8,15H2,1-4H3,(H2,16,18). The van der Waals surface area contributed by atoms with Gasteiger partial charge in [-0.3, -0.25) is 4.79 Å². The highest BCUT2D eigenvalue weighted by molar-refractivity contribution is 7.89. The monoisotopic (exact) mass is 313 g/mol. The Kier molecular flexibility index (Phi) is 5.36. The van der Waals surface area contributed by atoms with E-state index in [0.717, 1.165) is 9.87 Å². The van der Waals surface area contributed by atoms with Crippen LogP contribution in [0.25, 0.3) is 0 Å². The molecule has 0 saturated carbocycles. The molecule has 1 amide bonds. The molecule has 0 aliphatic heterocycles. The average molecular weight is 313 g/mol. The molecule has 7 heteroatoms. The van der Waals surface area contributed by atoms with E-state index in [2.05, 4.69) is 0 Å². The molecule has 0 spiro atoms. The van der Waals surface area contributed by atoms with E-state index in [1.165, 1.54) is 6.07 Å². The summed E-state index contributed by atoms with van der Waals surface area (Å²) in [6, 6.07) is 3.14. The van der Waals surface area contributed by atoms with Gasteiger partial charge in [0.2, 0.25) is 15.9 Å². The van der Waals surface area contributed by atoms with Crippen LogP contribution >= 0.6 is 0 Å². The van der Waals surface area contributed by atoms with Gasteiger partial charge >= 0.3 is 0 Å². The van der Waals surface area contributed by atoms with Gasteiger partial charge in [-0.15, -0.1) is 0 Å². The smallest absolute Gasteiger partial charge is 0.243 e. The zero-order valence-electron chi connectivity index (χ0n) is 12.9. The van der Waals surface area contributed by atoms with E-state index in [0.29, 0.717) is 11.3 Å². The molecule has 0 aromatic heterocycles. The first-order valence-corrected chi connectivity index (χ1v) is 8.15. The van der Waals surface area contributed by atoms with Crippen LogP contribution in [0.1, 0.15) is 25.0 Å². The van der Waals surface area contributed by atoms with Crippen LogP contribution < -0.4 is 11.5 Å². The molecule has 0 fully saturated rings. The lowest BCUT2D eigenvalue weighted by Crippen LogP contribution is -2.40. The molecule has 0 aliphatic carbocycles. The lowest BCUT2D eigenvalue weighted by molar-refractivity contribution is -0.118. The Hall–Kier alpha value is -1.60. The van der Waals surface area contributed by atoms with Crippen LogP contribution in [-0.2, 0) is 14.8 Å². The largest absolute Gasteiger partial charge is 0.399 e. The molecule has 0 aliphatic rings. The SMILES string of the molecule is Cc1cc(N)cc(S(=O)(=O)N(CC(N)=O)CC(C)C)c1C. The van der Waals surface area contributed by atoms with Crippen molar-refractivity contribution in [2.45, 2.75) is 32.6 Å². The minimum absolute atomic E-state index is 0.0709. The molecule has 1 aromatic carbocycles. The lowest BCUT2D eigenvalue weighted by atomic mass is 10.1. The molecule has 118 valence electrons. The normalized spacial score (nSPS) is 12.1. The van der Waals surface area contributed by atoms with Crippen LogP contribution in [0.5, 0.6) is 0 Å². The highest BCUT2D eigenvalue weighted by Crippen LogP contribution is 2.25. The summed E-state index contributed by atoms with van der Waals surface area (Å²) in [7, 11) is -3.81. The fourth-order valence-corrected chi connectivity index (χ4v) is 3.99. The first kappa shape index (κ1) is 17.5. The number of carbonyl (C=O) groups excluding carboxylic acids is 1. The number of nitrogen functional groups attached to an aromatic ring is 1. The third kappa shape index (κ3) is 4.18. The van der Waals surface area contributed by atoms with Gasteiger partial charge in [0, 0.05) is 12.2 Å². The van der Waals surface area contributed by atoms with E-state index >= 15 is 0 Å². The quantitative estimate of drug-likeness (QED) is 0.764. The second kappa shape index (κ2) is 6.44. The second-order valence-electron chi connectivity index (χ2n) is 5.62. The molecular weight excluding hydrogens is 290 g/mol. The zero-order chi connectivity index (χ0) is 16.4. The maximum atomic E-state index is 12.8. The van der Waals surface area contributed by atoms with Crippen LogP contribution in [0, 0.1) is 19.8 Å². The third-order valence-corrected chi connectivity index (χ3v) is 5.10. The first-order valence-electron chi connectivity index (χ1n) is 6.71. The molecule has 0 bridgehead atoms. The fraction of sp³-hybridized carbons (Fsp3) is 0.500. The third-order valence-electron chi connectivity index (χ3n) is 3.16. The molecular formula is C14H23N3O3S. The van der Waals surface area contributed by atoms with Crippen molar-refractivity contribution in [3.05, 3.63) is 23.3 Å². The number of aryl methyl sites for hydroxylation is 1. The highest BCUT2D eigenvalue weighted by atomic mass is 32.2. The molecule has 1 rings (SSSR count). The summed E-state index contributed by atoms with van der Waals surface area (Å²) in [6.45, 7) is 7.15. The van der Waals surface area contributed by atoms with Gasteiger partial charge in [-0.1, -0.05) is 13.8 Å². The second-order valence-corrected chi connectivity index (χ2v) is 7.53. The number of anilines is 1. The Labute approximate surface area is 126 Å². The van der Waals surface area contributed by atoms with Crippen LogP contribution in [0.3, 0.4) is 0 Å². The molecule has 0 unspecified atom stereocenters. The number of carbonyl (C=O) groups is 1. The highest BCUT2D eigenvalue weighted by Gasteiger charge is 2.28. The molecule has 0 heterocycles. The number of rotatable bonds is 6. The van der Waals surface area contributed by atoms with Gasteiger partial charge in [0.05, 0.1) is 11.4 Å². The Bertz CT molecular complexity index is 639. The molecule has 4 N–H and O–H groups in total. The van der Waals surface area contributed by atoms with Crippen LogP contribution in [0.4, 0.5) is 5.69 Å². The minimum Gasteiger partial charge on any atom is -0.399 e. The number of amides is 1. The lowest BCUT2D eigenvalue weighted by Gasteiger charge is -2.24. The maximum Gasteiger partial charge on any atom is 0.243 e. The predicted octanol–water partition coefficient (Wildman–Crippen LogP) is 1.02. The molecule has 0 radical (unpaired) electrons. The van der Waals surface area contributed by atoms with Gasteiger partial charge in [0.15, 0.2) is 0 Å². The molecule has 1 aromatic rings. The van der Waals surface area contributed by atoms with E-state index in [1.807, 2.05) is 13.8 Å². The summed E-state index contributed by atoms with van der Waals surface area (Å²) < 4.78 is 26.7. The Morgan fingerprint density at radius 2 is 1.86 bits per heavy atom. The van der Waals surface area contributed by atoms with E-state index in [-0.39, 0.29) is 23.9 Å². The molecule has 0 atom stereocenters. The number of primary amides is 1. The van der Waals surface area contributed by atoms with Gasteiger partial charge in [-0.25, -0.2) is 8.42 Å². The summed E-state index contributed by atoms with van der Waals surface area (Å²) in [6.07, 6.45) is 0. The van der Waals surface area contributed by atoms with E-state index < -0.39 is 15.9 Å². The van der Waals surface area contributed by atoms with Crippen molar-refractivity contribution in [2.75, 3.05) is 18.8 Å². The summed E-state index contributed by atoms with van der Waals surface area (Å²) >= 11 is 0. The van der Waals surface area contributed by atoms with Crippen LogP contribution in [0.15, 0.2) is 17.0 Å². The molecule has 0 saturated heterocycles. The van der Waals surface area contributed by atoms with Gasteiger partial charge in [0.25, 0.3) is 0 Å². The number of nitrogens with zero attached hydrogens (tertiary/aromatic N) is 1. The first-order chi connectivity index (χ1) is 9.55. The van der Waals surface area contributed by atoms with Crippen molar-refractivity contribution in [2.24, 2.45) is 11.7 Å². The predicted molar refractivity (Wildman–Crippen MR) is 83.1 cm³/mol. The van der Waals surface area contributed by atoms with Crippen LogP contribution in [0.2, 0.25) is 0 Å². The van der Waals surface area contributed by atoms with E-state index in [1.54, 1.807) is 19.9 Å².